The van der Waals surface area contributed by atoms with Crippen molar-refractivity contribution in [1.82, 2.24) is 14.8 Å². The van der Waals surface area contributed by atoms with Crippen molar-refractivity contribution in [2.45, 2.75) is 19.6 Å². The largest absolute Gasteiger partial charge is 0.449 e. The van der Waals surface area contributed by atoms with Gasteiger partial charge >= 0.3 is 5.97 Å². The Hall–Kier alpha value is -3.70. The lowest BCUT2D eigenvalue weighted by molar-refractivity contribution is -0.123. The van der Waals surface area contributed by atoms with Gasteiger partial charge in [0.1, 0.15) is 18.7 Å². The molecule has 9 heteroatoms. The molecule has 0 saturated carbocycles. The number of ether oxygens (including phenoxy) is 1. The van der Waals surface area contributed by atoms with Crippen LogP contribution in [0.4, 0.5) is 5.69 Å². The summed E-state index contributed by atoms with van der Waals surface area (Å²) in [5, 5.41) is 15.7. The highest BCUT2D eigenvalue weighted by molar-refractivity contribution is 6.32. The minimum absolute atomic E-state index is 0.223. The zero-order valence-electron chi connectivity index (χ0n) is 15.4. The third-order valence-electron chi connectivity index (χ3n) is 4.01. The fourth-order valence-electron chi connectivity index (χ4n) is 2.46. The molecule has 1 amide bonds. The predicted molar refractivity (Wildman–Crippen MR) is 105 cm³/mol. The van der Waals surface area contributed by atoms with E-state index in [9.17, 15) is 9.59 Å². The molecule has 0 radical (unpaired) electrons. The normalized spacial score (nSPS) is 11.3. The van der Waals surface area contributed by atoms with Crippen molar-refractivity contribution >= 4 is 29.2 Å². The van der Waals surface area contributed by atoms with Gasteiger partial charge in [-0.15, -0.1) is 0 Å². The lowest BCUT2D eigenvalue weighted by Gasteiger charge is -2.14. The summed E-state index contributed by atoms with van der Waals surface area (Å²) in [4.78, 5) is 28.4. The number of hydrogen-bond acceptors (Lipinski definition) is 6. The van der Waals surface area contributed by atoms with Gasteiger partial charge in [0.2, 0.25) is 0 Å². The molecule has 0 aliphatic heterocycles. The molecule has 0 aliphatic rings. The third kappa shape index (κ3) is 5.18. The smallest absolute Gasteiger partial charge is 0.338 e. The maximum Gasteiger partial charge on any atom is 0.338 e. The number of carbonyl (C=O) groups excluding carboxylic acids is 2. The van der Waals surface area contributed by atoms with Crippen LogP contribution in [-0.4, -0.2) is 32.7 Å². The average Bonchev–Trinajstić information content (AvgIpc) is 3.21. The van der Waals surface area contributed by atoms with E-state index in [0.717, 1.165) is 5.56 Å². The Labute approximate surface area is 171 Å². The van der Waals surface area contributed by atoms with Crippen molar-refractivity contribution in [3.8, 4) is 6.07 Å². The van der Waals surface area contributed by atoms with Crippen LogP contribution >= 0.6 is 11.6 Å². The molecule has 1 unspecified atom stereocenters. The van der Waals surface area contributed by atoms with Gasteiger partial charge in [0, 0.05) is 5.69 Å². The SMILES string of the molecule is CC(OC(=O)c1ccc(Cn2cncn2)cc1)C(=O)Nc1ccc(C#N)c(Cl)c1. The van der Waals surface area contributed by atoms with Crippen LogP contribution in [0.15, 0.2) is 55.1 Å². The summed E-state index contributed by atoms with van der Waals surface area (Å²) >= 11 is 5.95. The Balaban J connectivity index is 1.57. The number of aromatic nitrogens is 3. The Kier molecular flexibility index (Phi) is 6.22. The minimum atomic E-state index is -1.02. The van der Waals surface area contributed by atoms with Crippen molar-refractivity contribution in [2.24, 2.45) is 0 Å². The molecule has 1 aromatic heterocycles. The molecule has 1 atom stereocenters. The molecule has 29 heavy (non-hydrogen) atoms. The van der Waals surface area contributed by atoms with Crippen molar-refractivity contribution in [3.63, 3.8) is 0 Å². The number of benzene rings is 2. The monoisotopic (exact) mass is 409 g/mol. The van der Waals surface area contributed by atoms with Gasteiger partial charge in [-0.2, -0.15) is 10.4 Å². The van der Waals surface area contributed by atoms with Crippen LogP contribution in [0.3, 0.4) is 0 Å². The van der Waals surface area contributed by atoms with E-state index in [-0.39, 0.29) is 5.02 Å². The number of nitriles is 1. The van der Waals surface area contributed by atoms with Crippen LogP contribution < -0.4 is 5.32 Å². The number of rotatable bonds is 6. The topological polar surface area (TPSA) is 110 Å². The minimum Gasteiger partial charge on any atom is -0.449 e. The Bertz CT molecular complexity index is 1060. The molecule has 0 bridgehead atoms. The molecule has 0 fully saturated rings. The maximum absolute atomic E-state index is 12.3. The van der Waals surface area contributed by atoms with Crippen LogP contribution in [0.2, 0.25) is 5.02 Å². The third-order valence-corrected chi connectivity index (χ3v) is 4.32. The maximum atomic E-state index is 12.3. The van der Waals surface area contributed by atoms with E-state index in [1.165, 1.54) is 25.4 Å². The molecule has 2 aromatic carbocycles. The van der Waals surface area contributed by atoms with Gasteiger partial charge in [0.25, 0.3) is 5.91 Å². The number of amides is 1. The van der Waals surface area contributed by atoms with E-state index in [1.807, 2.05) is 6.07 Å². The molecule has 0 saturated heterocycles. The first kappa shape index (κ1) is 20.0. The standard InChI is InChI=1S/C20H16ClN5O3/c1-13(19(27)25-17-7-6-16(9-22)18(21)8-17)29-20(28)15-4-2-14(3-5-15)10-26-12-23-11-24-26/h2-8,11-13H,10H2,1H3,(H,25,27). The molecular weight excluding hydrogens is 394 g/mol. The quantitative estimate of drug-likeness (QED) is 0.626. The molecule has 1 heterocycles. The summed E-state index contributed by atoms with van der Waals surface area (Å²) in [6.07, 6.45) is 2.03. The Morgan fingerprint density at radius 3 is 2.66 bits per heavy atom. The van der Waals surface area contributed by atoms with E-state index in [2.05, 4.69) is 15.4 Å². The van der Waals surface area contributed by atoms with Crippen LogP contribution in [0.1, 0.15) is 28.4 Å². The second-order valence-electron chi connectivity index (χ2n) is 6.13. The van der Waals surface area contributed by atoms with Crippen LogP contribution in [-0.2, 0) is 16.1 Å². The van der Waals surface area contributed by atoms with Gasteiger partial charge in [0.15, 0.2) is 6.10 Å². The zero-order chi connectivity index (χ0) is 20.8. The van der Waals surface area contributed by atoms with Gasteiger partial charge in [-0.25, -0.2) is 14.5 Å². The fourth-order valence-corrected chi connectivity index (χ4v) is 2.68. The number of nitrogens with zero attached hydrogens (tertiary/aromatic N) is 4. The van der Waals surface area contributed by atoms with Crippen LogP contribution in [0, 0.1) is 11.3 Å². The van der Waals surface area contributed by atoms with E-state index in [4.69, 9.17) is 21.6 Å². The first-order valence-corrected chi connectivity index (χ1v) is 8.97. The second kappa shape index (κ2) is 8.99. The van der Waals surface area contributed by atoms with Crippen LogP contribution in [0.5, 0.6) is 0 Å². The number of anilines is 1. The van der Waals surface area contributed by atoms with Crippen LogP contribution in [0.25, 0.3) is 0 Å². The van der Waals surface area contributed by atoms with Gasteiger partial charge in [-0.1, -0.05) is 23.7 Å². The molecule has 8 nitrogen and oxygen atoms in total. The van der Waals surface area contributed by atoms with Gasteiger partial charge in [-0.3, -0.25) is 4.79 Å². The van der Waals surface area contributed by atoms with Gasteiger partial charge in [-0.05, 0) is 42.8 Å². The molecule has 0 aliphatic carbocycles. The van der Waals surface area contributed by atoms with E-state index in [0.29, 0.717) is 23.4 Å². The van der Waals surface area contributed by atoms with Gasteiger partial charge < -0.3 is 10.1 Å². The number of nitrogens with one attached hydrogen (secondary N) is 1. The second-order valence-corrected chi connectivity index (χ2v) is 6.54. The first-order chi connectivity index (χ1) is 14.0. The van der Waals surface area contributed by atoms with Crippen molar-refractivity contribution < 1.29 is 14.3 Å². The fraction of sp³-hybridized carbons (Fsp3) is 0.150. The first-order valence-electron chi connectivity index (χ1n) is 8.59. The Morgan fingerprint density at radius 1 is 1.28 bits per heavy atom. The van der Waals surface area contributed by atoms with Crippen molar-refractivity contribution in [1.29, 1.82) is 5.26 Å². The van der Waals surface area contributed by atoms with E-state index >= 15 is 0 Å². The highest BCUT2D eigenvalue weighted by Gasteiger charge is 2.19. The summed E-state index contributed by atoms with van der Waals surface area (Å²) in [5.74, 6) is -1.13. The Morgan fingerprint density at radius 2 is 2.03 bits per heavy atom. The summed E-state index contributed by atoms with van der Waals surface area (Å²) in [6, 6.07) is 13.2. The average molecular weight is 410 g/mol. The summed E-state index contributed by atoms with van der Waals surface area (Å²) in [5.41, 5.74) is 1.97. The number of hydrogen-bond donors (Lipinski definition) is 1. The van der Waals surface area contributed by atoms with Crippen molar-refractivity contribution in [2.75, 3.05) is 5.32 Å². The molecule has 1 N–H and O–H groups in total. The van der Waals surface area contributed by atoms with Crippen molar-refractivity contribution in [3.05, 3.63) is 76.8 Å². The van der Waals surface area contributed by atoms with Gasteiger partial charge in [0.05, 0.1) is 22.7 Å². The summed E-state index contributed by atoms with van der Waals surface area (Å²) in [7, 11) is 0. The zero-order valence-corrected chi connectivity index (χ0v) is 16.1. The number of carbonyl (C=O) groups is 2. The van der Waals surface area contributed by atoms with E-state index < -0.39 is 18.0 Å². The number of esters is 1. The molecule has 3 aromatic rings. The predicted octanol–water partition coefficient (Wildman–Crippen LogP) is 3.04. The highest BCUT2D eigenvalue weighted by Crippen LogP contribution is 2.20. The highest BCUT2D eigenvalue weighted by atomic mass is 35.5. The lowest BCUT2D eigenvalue weighted by Crippen LogP contribution is -2.30. The summed E-state index contributed by atoms with van der Waals surface area (Å²) in [6.45, 7) is 2.00. The van der Waals surface area contributed by atoms with E-state index in [1.54, 1.807) is 41.3 Å². The molecular formula is C20H16ClN5O3. The molecule has 0 spiro atoms. The molecule has 3 rings (SSSR count). The lowest BCUT2D eigenvalue weighted by atomic mass is 10.1. The number of halogens is 1. The molecule has 146 valence electrons. The summed E-state index contributed by atoms with van der Waals surface area (Å²) < 4.78 is 6.89.